The second-order valence-electron chi connectivity index (χ2n) is 6.33. The molecule has 2 N–H and O–H groups in total. The van der Waals surface area contributed by atoms with Crippen LogP contribution in [-0.2, 0) is 0 Å². The van der Waals surface area contributed by atoms with Gasteiger partial charge in [-0.3, -0.25) is 4.79 Å². The van der Waals surface area contributed by atoms with Crippen LogP contribution in [0, 0.1) is 17.5 Å². The first kappa shape index (κ1) is 24.0. The third-order valence-electron chi connectivity index (χ3n) is 4.30. The summed E-state index contributed by atoms with van der Waals surface area (Å²) in [5.74, 6) is -3.92. The van der Waals surface area contributed by atoms with E-state index in [1.807, 2.05) is 0 Å². The number of hydrogen-bond acceptors (Lipinski definition) is 4. The highest BCUT2D eigenvalue weighted by Gasteiger charge is 2.20. The third kappa shape index (κ3) is 5.98. The molecule has 0 unspecified atom stereocenters. The largest absolute Gasteiger partial charge is 0.367 e. The molecule has 1 aromatic heterocycles. The molecule has 3 rings (SSSR count). The van der Waals surface area contributed by atoms with Crippen molar-refractivity contribution in [2.75, 3.05) is 30.8 Å². The molecule has 1 aliphatic heterocycles. The van der Waals surface area contributed by atoms with E-state index in [1.54, 1.807) is 12.1 Å². The van der Waals surface area contributed by atoms with Crippen molar-refractivity contribution in [3.8, 4) is 0 Å². The van der Waals surface area contributed by atoms with Crippen molar-refractivity contribution in [2.45, 2.75) is 18.9 Å². The van der Waals surface area contributed by atoms with E-state index >= 15 is 0 Å². The van der Waals surface area contributed by atoms with Gasteiger partial charge in [-0.1, -0.05) is 6.07 Å². The monoisotopic (exact) mass is 436 g/mol. The summed E-state index contributed by atoms with van der Waals surface area (Å²) in [7, 11) is 2.07. The zero-order valence-corrected chi connectivity index (χ0v) is 16.7. The van der Waals surface area contributed by atoms with Crippen LogP contribution in [-0.4, -0.2) is 42.0 Å². The van der Waals surface area contributed by atoms with Gasteiger partial charge in [0.25, 0.3) is 5.91 Å². The van der Waals surface area contributed by atoms with Crippen molar-refractivity contribution in [2.24, 2.45) is 0 Å². The lowest BCUT2D eigenvalue weighted by atomic mass is 10.1. The van der Waals surface area contributed by atoms with E-state index < -0.39 is 28.9 Å². The first-order valence-corrected chi connectivity index (χ1v) is 8.30. The second-order valence-corrected chi connectivity index (χ2v) is 6.33. The molecule has 2 heterocycles. The molecule has 0 bridgehead atoms. The van der Waals surface area contributed by atoms with Crippen LogP contribution in [0.3, 0.4) is 0 Å². The molecule has 0 saturated carbocycles. The molecule has 1 fully saturated rings. The second kappa shape index (κ2) is 10.5. The van der Waals surface area contributed by atoms with E-state index in [0.717, 1.165) is 25.9 Å². The van der Waals surface area contributed by atoms with Crippen molar-refractivity contribution in [1.29, 1.82) is 0 Å². The van der Waals surface area contributed by atoms with Crippen LogP contribution in [0.15, 0.2) is 30.3 Å². The molecule has 28 heavy (non-hydrogen) atoms. The zero-order valence-electron chi connectivity index (χ0n) is 15.0. The normalized spacial score (nSPS) is 14.6. The highest BCUT2D eigenvalue weighted by Crippen LogP contribution is 2.19. The lowest BCUT2D eigenvalue weighted by molar-refractivity contribution is 0.101. The zero-order chi connectivity index (χ0) is 18.7. The highest BCUT2D eigenvalue weighted by molar-refractivity contribution is 6.04. The molecular weight excluding hydrogens is 416 g/mol. The summed E-state index contributed by atoms with van der Waals surface area (Å²) in [4.78, 5) is 18.6. The fourth-order valence-corrected chi connectivity index (χ4v) is 2.88. The number of halogens is 5. The van der Waals surface area contributed by atoms with Crippen molar-refractivity contribution in [3.05, 3.63) is 53.3 Å². The van der Waals surface area contributed by atoms with Crippen molar-refractivity contribution >= 4 is 42.4 Å². The van der Waals surface area contributed by atoms with Crippen LogP contribution >= 0.6 is 24.8 Å². The highest BCUT2D eigenvalue weighted by atomic mass is 35.5. The van der Waals surface area contributed by atoms with E-state index in [4.69, 9.17) is 0 Å². The Labute approximate surface area is 173 Å². The van der Waals surface area contributed by atoms with Crippen molar-refractivity contribution < 1.29 is 18.0 Å². The minimum Gasteiger partial charge on any atom is -0.367 e. The number of piperidine rings is 1. The Hall–Kier alpha value is -2.03. The predicted octanol–water partition coefficient (Wildman–Crippen LogP) is 4.10. The lowest BCUT2D eigenvalue weighted by Crippen LogP contribution is -2.36. The smallest absolute Gasteiger partial charge is 0.262 e. The topological polar surface area (TPSA) is 57.3 Å². The number of hydrogen-bond donors (Lipinski definition) is 2. The standard InChI is InChI=1S/C18H19F3N4O.2ClH/c1-25-7-5-12(6-8-25)22-15-3-2-4-16(23-15)24-18(26)17-13(20)9-11(19)10-14(17)21;;/h2-4,9-10,12H,5-8H2,1H3,(H2,22,23,24,26);2*1H. The molecule has 1 amide bonds. The number of anilines is 2. The number of pyridine rings is 1. The predicted molar refractivity (Wildman–Crippen MR) is 107 cm³/mol. The Morgan fingerprint density at radius 1 is 1.07 bits per heavy atom. The van der Waals surface area contributed by atoms with Gasteiger partial charge in [0.1, 0.15) is 34.7 Å². The third-order valence-corrected chi connectivity index (χ3v) is 4.30. The number of benzene rings is 1. The fourth-order valence-electron chi connectivity index (χ4n) is 2.88. The van der Waals surface area contributed by atoms with Gasteiger partial charge >= 0.3 is 0 Å². The Morgan fingerprint density at radius 2 is 1.64 bits per heavy atom. The van der Waals surface area contributed by atoms with E-state index in [9.17, 15) is 18.0 Å². The van der Waals surface area contributed by atoms with Crippen LogP contribution in [0.2, 0.25) is 0 Å². The molecule has 1 aromatic carbocycles. The maximum Gasteiger partial charge on any atom is 0.262 e. The number of nitrogens with zero attached hydrogens (tertiary/aromatic N) is 2. The van der Waals surface area contributed by atoms with Crippen LogP contribution in [0.1, 0.15) is 23.2 Å². The van der Waals surface area contributed by atoms with Crippen LogP contribution in [0.4, 0.5) is 24.8 Å². The van der Waals surface area contributed by atoms with Gasteiger partial charge < -0.3 is 15.5 Å². The van der Waals surface area contributed by atoms with E-state index in [0.29, 0.717) is 18.0 Å². The van der Waals surface area contributed by atoms with Gasteiger partial charge in [-0.2, -0.15) is 0 Å². The molecule has 1 saturated heterocycles. The van der Waals surface area contributed by atoms with Gasteiger partial charge in [-0.25, -0.2) is 18.2 Å². The van der Waals surface area contributed by atoms with Gasteiger partial charge in [0.2, 0.25) is 0 Å². The van der Waals surface area contributed by atoms with Gasteiger partial charge in [0.05, 0.1) is 0 Å². The number of nitrogens with one attached hydrogen (secondary N) is 2. The van der Waals surface area contributed by atoms with E-state index in [1.165, 1.54) is 6.07 Å². The van der Waals surface area contributed by atoms with Crippen molar-refractivity contribution in [3.63, 3.8) is 0 Å². The molecule has 154 valence electrons. The maximum absolute atomic E-state index is 13.7. The Morgan fingerprint density at radius 3 is 2.25 bits per heavy atom. The molecule has 0 aliphatic carbocycles. The lowest BCUT2D eigenvalue weighted by Gasteiger charge is -2.29. The average molecular weight is 437 g/mol. The summed E-state index contributed by atoms with van der Waals surface area (Å²) >= 11 is 0. The van der Waals surface area contributed by atoms with Gasteiger partial charge in [0, 0.05) is 18.2 Å². The summed E-state index contributed by atoms with van der Waals surface area (Å²) in [6, 6.07) is 6.14. The van der Waals surface area contributed by atoms with Crippen LogP contribution in [0.25, 0.3) is 0 Å². The number of rotatable bonds is 4. The Kier molecular flexibility index (Phi) is 9.00. The quantitative estimate of drug-likeness (QED) is 0.757. The molecule has 2 aromatic rings. The molecule has 10 heteroatoms. The van der Waals surface area contributed by atoms with Gasteiger partial charge in [0.15, 0.2) is 0 Å². The molecular formula is C18H21Cl2F3N4O. The molecule has 0 spiro atoms. The Bertz CT molecular complexity index is 794. The fraction of sp³-hybridized carbons (Fsp3) is 0.333. The van der Waals surface area contributed by atoms with E-state index in [-0.39, 0.29) is 36.7 Å². The molecule has 1 aliphatic rings. The summed E-state index contributed by atoms with van der Waals surface area (Å²) in [5.41, 5.74) is -0.845. The average Bonchev–Trinajstić information content (AvgIpc) is 2.56. The van der Waals surface area contributed by atoms with E-state index in [2.05, 4.69) is 27.6 Å². The summed E-state index contributed by atoms with van der Waals surface area (Å²) in [5, 5.41) is 5.64. The summed E-state index contributed by atoms with van der Waals surface area (Å²) < 4.78 is 40.4. The number of likely N-dealkylation sites (tertiary alicyclic amines) is 1. The SMILES string of the molecule is CN1CCC(Nc2cccc(NC(=O)c3c(F)cc(F)cc3F)n2)CC1.Cl.Cl. The first-order valence-electron chi connectivity index (χ1n) is 8.30. The molecule has 5 nitrogen and oxygen atoms in total. The minimum atomic E-state index is -1.26. The van der Waals surface area contributed by atoms with Crippen LogP contribution < -0.4 is 10.6 Å². The van der Waals surface area contributed by atoms with Gasteiger partial charge in [-0.15, -0.1) is 24.8 Å². The minimum absolute atomic E-state index is 0. The maximum atomic E-state index is 13.7. The summed E-state index contributed by atoms with van der Waals surface area (Å²) in [6.45, 7) is 1.97. The first-order chi connectivity index (χ1) is 12.4. The molecule has 0 radical (unpaired) electrons. The number of amides is 1. The van der Waals surface area contributed by atoms with Crippen molar-refractivity contribution in [1.82, 2.24) is 9.88 Å². The number of aromatic nitrogens is 1. The Balaban J connectivity index is 0.00000196. The number of carbonyl (C=O) groups excluding carboxylic acids is 1. The van der Waals surface area contributed by atoms with Crippen LogP contribution in [0.5, 0.6) is 0 Å². The summed E-state index contributed by atoms with van der Waals surface area (Å²) in [6.07, 6.45) is 1.95. The van der Waals surface area contributed by atoms with Gasteiger partial charge in [-0.05, 0) is 45.1 Å². The number of carbonyl (C=O) groups is 1. The molecule has 0 atom stereocenters.